The van der Waals surface area contributed by atoms with Gasteiger partial charge in [-0.2, -0.15) is 0 Å². The van der Waals surface area contributed by atoms with Crippen molar-refractivity contribution in [1.29, 1.82) is 0 Å². The second-order valence-corrected chi connectivity index (χ2v) is 4.14. The van der Waals surface area contributed by atoms with Gasteiger partial charge < -0.3 is 15.7 Å². The van der Waals surface area contributed by atoms with Crippen LogP contribution in [-0.4, -0.2) is 30.1 Å². The third kappa shape index (κ3) is 3.30. The van der Waals surface area contributed by atoms with E-state index in [9.17, 15) is 9.59 Å². The Hall–Kier alpha value is -1.88. The third-order valence-electron chi connectivity index (χ3n) is 2.75. The van der Waals surface area contributed by atoms with E-state index in [0.717, 1.165) is 6.42 Å². The fourth-order valence-electron chi connectivity index (χ4n) is 1.64. The van der Waals surface area contributed by atoms with Gasteiger partial charge in [-0.05, 0) is 30.7 Å². The first-order chi connectivity index (χ1) is 8.47. The standard InChI is InChI=1S/C13H18N2O3/c1-3-4-11(14)12(16)15(2)10-7-5-9(6-8-10)13(17)18/h5-8,11H,3-4,14H2,1-2H3,(H,17,18). The monoisotopic (exact) mass is 250 g/mol. The van der Waals surface area contributed by atoms with Crippen molar-refractivity contribution in [2.45, 2.75) is 25.8 Å². The molecule has 0 heterocycles. The number of hydrogen-bond donors (Lipinski definition) is 2. The average molecular weight is 250 g/mol. The molecule has 1 atom stereocenters. The molecular weight excluding hydrogens is 232 g/mol. The first-order valence-electron chi connectivity index (χ1n) is 5.84. The number of carboxylic acid groups (broad SMARTS) is 1. The van der Waals surface area contributed by atoms with Crippen LogP contribution >= 0.6 is 0 Å². The van der Waals surface area contributed by atoms with Gasteiger partial charge in [-0.1, -0.05) is 13.3 Å². The van der Waals surface area contributed by atoms with Crippen LogP contribution in [0.4, 0.5) is 5.69 Å². The Morgan fingerprint density at radius 3 is 2.33 bits per heavy atom. The molecule has 1 aromatic carbocycles. The minimum Gasteiger partial charge on any atom is -0.478 e. The van der Waals surface area contributed by atoms with E-state index in [1.54, 1.807) is 19.2 Å². The van der Waals surface area contributed by atoms with Gasteiger partial charge in [-0.25, -0.2) is 4.79 Å². The number of nitrogens with zero attached hydrogens (tertiary/aromatic N) is 1. The van der Waals surface area contributed by atoms with Gasteiger partial charge in [0.15, 0.2) is 0 Å². The Morgan fingerprint density at radius 1 is 1.33 bits per heavy atom. The second-order valence-electron chi connectivity index (χ2n) is 4.14. The topological polar surface area (TPSA) is 83.6 Å². The van der Waals surface area contributed by atoms with Crippen molar-refractivity contribution in [2.75, 3.05) is 11.9 Å². The minimum absolute atomic E-state index is 0.167. The lowest BCUT2D eigenvalue weighted by Gasteiger charge is -2.21. The Morgan fingerprint density at radius 2 is 1.89 bits per heavy atom. The molecule has 0 aliphatic carbocycles. The molecule has 0 saturated heterocycles. The Kier molecular flexibility index (Phi) is 4.85. The highest BCUT2D eigenvalue weighted by Gasteiger charge is 2.18. The van der Waals surface area contributed by atoms with Crippen LogP contribution in [0.15, 0.2) is 24.3 Å². The summed E-state index contributed by atoms with van der Waals surface area (Å²) >= 11 is 0. The number of benzene rings is 1. The maximum Gasteiger partial charge on any atom is 0.335 e. The lowest BCUT2D eigenvalue weighted by molar-refractivity contribution is -0.119. The minimum atomic E-state index is -0.988. The quantitative estimate of drug-likeness (QED) is 0.829. The summed E-state index contributed by atoms with van der Waals surface area (Å²) in [7, 11) is 1.63. The molecule has 0 bridgehead atoms. The van der Waals surface area contributed by atoms with Crippen LogP contribution < -0.4 is 10.6 Å². The van der Waals surface area contributed by atoms with Crippen LogP contribution in [-0.2, 0) is 4.79 Å². The van der Waals surface area contributed by atoms with Crippen LogP contribution in [0, 0.1) is 0 Å². The maximum absolute atomic E-state index is 11.9. The van der Waals surface area contributed by atoms with Gasteiger partial charge in [-0.3, -0.25) is 4.79 Å². The van der Waals surface area contributed by atoms with E-state index in [2.05, 4.69) is 0 Å². The number of carbonyl (C=O) groups excluding carboxylic acids is 1. The SMILES string of the molecule is CCCC(N)C(=O)N(C)c1ccc(C(=O)O)cc1. The van der Waals surface area contributed by atoms with E-state index >= 15 is 0 Å². The number of amides is 1. The summed E-state index contributed by atoms with van der Waals surface area (Å²) < 4.78 is 0. The summed E-state index contributed by atoms with van der Waals surface area (Å²) in [5, 5.41) is 8.78. The van der Waals surface area contributed by atoms with E-state index < -0.39 is 12.0 Å². The van der Waals surface area contributed by atoms with Crippen molar-refractivity contribution in [1.82, 2.24) is 0 Å². The number of carboxylic acids is 1. The Balaban J connectivity index is 2.80. The molecule has 1 unspecified atom stereocenters. The summed E-state index contributed by atoms with van der Waals surface area (Å²) in [5.74, 6) is -1.15. The van der Waals surface area contributed by atoms with Gasteiger partial charge in [0.2, 0.25) is 5.91 Å². The first kappa shape index (κ1) is 14.2. The number of carbonyl (C=O) groups is 2. The number of likely N-dealkylation sites (N-methyl/N-ethyl adjacent to an activating group) is 1. The fraction of sp³-hybridized carbons (Fsp3) is 0.385. The van der Waals surface area contributed by atoms with Crippen molar-refractivity contribution in [3.63, 3.8) is 0 Å². The zero-order chi connectivity index (χ0) is 13.7. The van der Waals surface area contributed by atoms with Gasteiger partial charge in [0.25, 0.3) is 0 Å². The lowest BCUT2D eigenvalue weighted by Crippen LogP contribution is -2.41. The summed E-state index contributed by atoms with van der Waals surface area (Å²) in [6.07, 6.45) is 1.48. The summed E-state index contributed by atoms with van der Waals surface area (Å²) in [6.45, 7) is 1.97. The summed E-state index contributed by atoms with van der Waals surface area (Å²) in [6, 6.07) is 5.61. The van der Waals surface area contributed by atoms with Crippen molar-refractivity contribution in [3.05, 3.63) is 29.8 Å². The molecule has 0 spiro atoms. The molecule has 0 aliphatic heterocycles. The largest absolute Gasteiger partial charge is 0.478 e. The molecule has 0 aliphatic rings. The molecule has 18 heavy (non-hydrogen) atoms. The number of rotatable bonds is 5. The van der Waals surface area contributed by atoms with Crippen molar-refractivity contribution >= 4 is 17.6 Å². The molecule has 5 heteroatoms. The predicted octanol–water partition coefficient (Wildman–Crippen LogP) is 1.47. The molecule has 0 fully saturated rings. The van der Waals surface area contributed by atoms with Gasteiger partial charge in [0.05, 0.1) is 11.6 Å². The molecule has 0 saturated carbocycles. The number of nitrogens with two attached hydrogens (primary N) is 1. The van der Waals surface area contributed by atoms with Crippen LogP contribution in [0.3, 0.4) is 0 Å². The molecule has 1 aromatic rings. The Bertz CT molecular complexity index is 428. The van der Waals surface area contributed by atoms with Crippen LogP contribution in [0.5, 0.6) is 0 Å². The molecule has 1 rings (SSSR count). The van der Waals surface area contributed by atoms with Crippen LogP contribution in [0.1, 0.15) is 30.1 Å². The fourth-order valence-corrected chi connectivity index (χ4v) is 1.64. The first-order valence-corrected chi connectivity index (χ1v) is 5.84. The molecule has 1 amide bonds. The van der Waals surface area contributed by atoms with Gasteiger partial charge in [-0.15, -0.1) is 0 Å². The van der Waals surface area contributed by atoms with Gasteiger partial charge in [0.1, 0.15) is 0 Å². The summed E-state index contributed by atoms with van der Waals surface area (Å²) in [4.78, 5) is 24.1. The highest BCUT2D eigenvalue weighted by molar-refractivity contribution is 5.97. The molecular formula is C13H18N2O3. The smallest absolute Gasteiger partial charge is 0.335 e. The van der Waals surface area contributed by atoms with E-state index in [-0.39, 0.29) is 11.5 Å². The lowest BCUT2D eigenvalue weighted by atomic mass is 10.1. The second kappa shape index (κ2) is 6.16. The van der Waals surface area contributed by atoms with Crippen molar-refractivity contribution in [2.24, 2.45) is 5.73 Å². The molecule has 0 radical (unpaired) electrons. The molecule has 3 N–H and O–H groups in total. The van der Waals surface area contributed by atoms with Crippen molar-refractivity contribution < 1.29 is 14.7 Å². The molecule has 98 valence electrons. The normalized spacial score (nSPS) is 11.9. The number of aromatic carboxylic acids is 1. The Labute approximate surface area is 106 Å². The number of hydrogen-bond acceptors (Lipinski definition) is 3. The predicted molar refractivity (Wildman–Crippen MR) is 69.7 cm³/mol. The van der Waals surface area contributed by atoms with E-state index in [4.69, 9.17) is 10.8 Å². The van der Waals surface area contributed by atoms with Crippen LogP contribution in [0.25, 0.3) is 0 Å². The highest BCUT2D eigenvalue weighted by atomic mass is 16.4. The number of anilines is 1. The highest BCUT2D eigenvalue weighted by Crippen LogP contribution is 2.15. The summed E-state index contributed by atoms with van der Waals surface area (Å²) in [5.41, 5.74) is 6.59. The van der Waals surface area contributed by atoms with Gasteiger partial charge in [0, 0.05) is 12.7 Å². The van der Waals surface area contributed by atoms with Gasteiger partial charge >= 0.3 is 5.97 Å². The molecule has 5 nitrogen and oxygen atoms in total. The zero-order valence-corrected chi connectivity index (χ0v) is 10.6. The molecule has 0 aromatic heterocycles. The maximum atomic E-state index is 11.9. The average Bonchev–Trinajstić information content (AvgIpc) is 2.37. The van der Waals surface area contributed by atoms with E-state index in [1.807, 2.05) is 6.92 Å². The zero-order valence-electron chi connectivity index (χ0n) is 10.6. The van der Waals surface area contributed by atoms with Crippen LogP contribution in [0.2, 0.25) is 0 Å². The third-order valence-corrected chi connectivity index (χ3v) is 2.75. The van der Waals surface area contributed by atoms with E-state index in [0.29, 0.717) is 12.1 Å². The van der Waals surface area contributed by atoms with Crippen molar-refractivity contribution in [3.8, 4) is 0 Å². The van der Waals surface area contributed by atoms with E-state index in [1.165, 1.54) is 17.0 Å².